The summed E-state index contributed by atoms with van der Waals surface area (Å²) in [6, 6.07) is 6.61. The molecular weight excluding hydrogens is 326 g/mol. The van der Waals surface area contributed by atoms with Crippen LogP contribution in [0.1, 0.15) is 30.0 Å². The molecule has 0 bridgehead atoms. The Hall–Kier alpha value is -2.15. The van der Waals surface area contributed by atoms with E-state index in [2.05, 4.69) is 20.0 Å². The van der Waals surface area contributed by atoms with Gasteiger partial charge in [-0.05, 0) is 42.5 Å². The van der Waals surface area contributed by atoms with Crippen LogP contribution in [0, 0.1) is 0 Å². The minimum Gasteiger partial charge on any atom is -0.435 e. The zero-order valence-electron chi connectivity index (χ0n) is 12.1. The van der Waals surface area contributed by atoms with Gasteiger partial charge in [0, 0.05) is 6.07 Å². The van der Waals surface area contributed by atoms with Gasteiger partial charge in [-0.3, -0.25) is 0 Å². The van der Waals surface area contributed by atoms with Gasteiger partial charge in [0.15, 0.2) is 0 Å². The molecule has 1 aromatic carbocycles. The molecular formula is C15H15ClF2N4O. The van der Waals surface area contributed by atoms with E-state index in [-0.39, 0.29) is 22.9 Å². The predicted octanol–water partition coefficient (Wildman–Crippen LogP) is 3.80. The molecule has 0 spiro atoms. The average Bonchev–Trinajstić information content (AvgIpc) is 2.45. The molecule has 0 radical (unpaired) electrons. The predicted molar refractivity (Wildman–Crippen MR) is 83.8 cm³/mol. The Morgan fingerprint density at radius 3 is 2.87 bits per heavy atom. The van der Waals surface area contributed by atoms with Crippen molar-refractivity contribution in [1.82, 2.24) is 9.97 Å². The van der Waals surface area contributed by atoms with Crippen LogP contribution in [0.15, 0.2) is 24.3 Å². The molecule has 3 N–H and O–H groups in total. The van der Waals surface area contributed by atoms with Crippen molar-refractivity contribution in [3.05, 3.63) is 40.5 Å². The first-order valence-corrected chi connectivity index (χ1v) is 7.53. The number of anilines is 2. The van der Waals surface area contributed by atoms with Crippen LogP contribution >= 0.6 is 11.6 Å². The van der Waals surface area contributed by atoms with E-state index >= 15 is 0 Å². The number of nitrogen functional groups attached to an aromatic ring is 1. The summed E-state index contributed by atoms with van der Waals surface area (Å²) >= 11 is 5.88. The lowest BCUT2D eigenvalue weighted by atomic mass is 9.87. The Kier molecular flexibility index (Phi) is 4.47. The standard InChI is InChI=1S/C15H15ClF2N4O/c16-12-7-13(22-15(19)21-12)20-11-3-1-2-8-6-9(23-14(17)18)4-5-10(8)11/h4-7,11,14H,1-3H2,(H3,19,20,21,22). The molecule has 1 heterocycles. The number of nitrogens with one attached hydrogen (secondary N) is 1. The molecule has 1 aromatic heterocycles. The highest BCUT2D eigenvalue weighted by Gasteiger charge is 2.21. The highest BCUT2D eigenvalue weighted by atomic mass is 35.5. The smallest absolute Gasteiger partial charge is 0.387 e. The molecule has 0 amide bonds. The number of aromatic nitrogens is 2. The number of fused-ring (bicyclic) bond motifs is 1. The minimum absolute atomic E-state index is 0.00437. The minimum atomic E-state index is -2.82. The van der Waals surface area contributed by atoms with Gasteiger partial charge in [0.1, 0.15) is 16.7 Å². The Bertz CT molecular complexity index is 694. The molecule has 2 aromatic rings. The summed E-state index contributed by atoms with van der Waals surface area (Å²) in [5.74, 6) is 0.804. The Morgan fingerprint density at radius 2 is 2.13 bits per heavy atom. The Morgan fingerprint density at radius 1 is 1.30 bits per heavy atom. The molecule has 1 aliphatic carbocycles. The second-order valence-corrected chi connectivity index (χ2v) is 5.65. The first-order chi connectivity index (χ1) is 11.0. The van der Waals surface area contributed by atoms with Gasteiger partial charge in [-0.15, -0.1) is 0 Å². The number of ether oxygens (including phenoxy) is 1. The molecule has 0 fully saturated rings. The molecule has 122 valence electrons. The van der Waals surface area contributed by atoms with Gasteiger partial charge < -0.3 is 15.8 Å². The third-order valence-electron chi connectivity index (χ3n) is 3.69. The average molecular weight is 341 g/mol. The fourth-order valence-corrected chi connectivity index (χ4v) is 2.99. The van der Waals surface area contributed by atoms with Gasteiger partial charge in [0.05, 0.1) is 6.04 Å². The van der Waals surface area contributed by atoms with Crippen molar-refractivity contribution in [1.29, 1.82) is 0 Å². The molecule has 23 heavy (non-hydrogen) atoms. The summed E-state index contributed by atoms with van der Waals surface area (Å²) in [4.78, 5) is 7.92. The number of halogens is 3. The fourth-order valence-electron chi connectivity index (χ4n) is 2.80. The molecule has 1 aliphatic rings. The van der Waals surface area contributed by atoms with Crippen molar-refractivity contribution in [3.8, 4) is 5.75 Å². The van der Waals surface area contributed by atoms with Crippen molar-refractivity contribution in [2.75, 3.05) is 11.1 Å². The van der Waals surface area contributed by atoms with Crippen LogP contribution in [-0.2, 0) is 6.42 Å². The van der Waals surface area contributed by atoms with E-state index in [1.807, 2.05) is 0 Å². The van der Waals surface area contributed by atoms with Crippen LogP contribution in [0.3, 0.4) is 0 Å². The van der Waals surface area contributed by atoms with Crippen molar-refractivity contribution >= 4 is 23.4 Å². The summed E-state index contributed by atoms with van der Waals surface area (Å²) in [6.45, 7) is -2.82. The van der Waals surface area contributed by atoms with Gasteiger partial charge in [0.25, 0.3) is 0 Å². The van der Waals surface area contributed by atoms with E-state index in [4.69, 9.17) is 17.3 Å². The van der Waals surface area contributed by atoms with E-state index in [1.165, 1.54) is 0 Å². The molecule has 8 heteroatoms. The first-order valence-electron chi connectivity index (χ1n) is 7.15. The molecule has 0 saturated heterocycles. The van der Waals surface area contributed by atoms with Crippen LogP contribution in [0.4, 0.5) is 20.5 Å². The SMILES string of the molecule is Nc1nc(Cl)cc(NC2CCCc3cc(OC(F)F)ccc32)n1. The largest absolute Gasteiger partial charge is 0.435 e. The number of hydrogen-bond acceptors (Lipinski definition) is 5. The van der Waals surface area contributed by atoms with Crippen molar-refractivity contribution in [2.24, 2.45) is 0 Å². The third-order valence-corrected chi connectivity index (χ3v) is 3.88. The van der Waals surface area contributed by atoms with Crippen LogP contribution < -0.4 is 15.8 Å². The summed E-state index contributed by atoms with van der Waals surface area (Å²) < 4.78 is 29.1. The fraction of sp³-hybridized carbons (Fsp3) is 0.333. The highest BCUT2D eigenvalue weighted by Crippen LogP contribution is 2.34. The lowest BCUT2D eigenvalue weighted by Gasteiger charge is -2.27. The summed E-state index contributed by atoms with van der Waals surface area (Å²) in [5, 5.41) is 3.54. The monoisotopic (exact) mass is 340 g/mol. The number of alkyl halides is 2. The Labute approximate surface area is 136 Å². The highest BCUT2D eigenvalue weighted by molar-refractivity contribution is 6.29. The number of aryl methyl sites for hydroxylation is 1. The van der Waals surface area contributed by atoms with Gasteiger partial charge in [-0.25, -0.2) is 4.98 Å². The number of nitrogens with two attached hydrogens (primary N) is 1. The van der Waals surface area contributed by atoms with Gasteiger partial charge in [0.2, 0.25) is 5.95 Å². The summed E-state index contributed by atoms with van der Waals surface area (Å²) in [7, 11) is 0. The lowest BCUT2D eigenvalue weighted by molar-refractivity contribution is -0.0499. The zero-order chi connectivity index (χ0) is 16.4. The van der Waals surface area contributed by atoms with Crippen molar-refractivity contribution in [2.45, 2.75) is 31.9 Å². The lowest BCUT2D eigenvalue weighted by Crippen LogP contribution is -2.18. The molecule has 1 atom stereocenters. The number of hydrogen-bond donors (Lipinski definition) is 2. The van der Waals surface area contributed by atoms with Crippen LogP contribution in [0.5, 0.6) is 5.75 Å². The third kappa shape index (κ3) is 3.79. The van der Waals surface area contributed by atoms with Crippen molar-refractivity contribution in [3.63, 3.8) is 0 Å². The summed E-state index contributed by atoms with van der Waals surface area (Å²) in [6.07, 6.45) is 2.64. The maximum atomic E-state index is 12.3. The first kappa shape index (κ1) is 15.7. The summed E-state index contributed by atoms with van der Waals surface area (Å²) in [5.41, 5.74) is 7.61. The van der Waals surface area contributed by atoms with E-state index in [9.17, 15) is 8.78 Å². The maximum absolute atomic E-state index is 12.3. The molecule has 5 nitrogen and oxygen atoms in total. The Balaban J connectivity index is 1.83. The van der Waals surface area contributed by atoms with Gasteiger partial charge in [-0.2, -0.15) is 13.8 Å². The number of rotatable bonds is 4. The van der Waals surface area contributed by atoms with E-state index in [0.29, 0.717) is 5.82 Å². The molecule has 1 unspecified atom stereocenters. The van der Waals surface area contributed by atoms with Gasteiger partial charge >= 0.3 is 6.61 Å². The number of nitrogens with zero attached hydrogens (tertiary/aromatic N) is 2. The zero-order valence-corrected chi connectivity index (χ0v) is 12.9. The van der Waals surface area contributed by atoms with Crippen LogP contribution in [-0.4, -0.2) is 16.6 Å². The number of benzene rings is 1. The normalized spacial score (nSPS) is 17.0. The van der Waals surface area contributed by atoms with Crippen LogP contribution in [0.25, 0.3) is 0 Å². The van der Waals surface area contributed by atoms with Crippen LogP contribution in [0.2, 0.25) is 5.15 Å². The van der Waals surface area contributed by atoms with E-state index in [0.717, 1.165) is 30.4 Å². The molecule has 3 rings (SSSR count). The van der Waals surface area contributed by atoms with E-state index < -0.39 is 6.61 Å². The maximum Gasteiger partial charge on any atom is 0.387 e. The molecule has 0 aliphatic heterocycles. The topological polar surface area (TPSA) is 73.1 Å². The molecule has 0 saturated carbocycles. The van der Waals surface area contributed by atoms with E-state index in [1.54, 1.807) is 24.3 Å². The van der Waals surface area contributed by atoms with Gasteiger partial charge in [-0.1, -0.05) is 17.7 Å². The second kappa shape index (κ2) is 6.54. The van der Waals surface area contributed by atoms with Crippen molar-refractivity contribution < 1.29 is 13.5 Å². The second-order valence-electron chi connectivity index (χ2n) is 5.26. The quantitative estimate of drug-likeness (QED) is 0.828.